The van der Waals surface area contributed by atoms with Gasteiger partial charge in [-0.05, 0) is 12.8 Å². The number of ether oxygens (including phenoxy) is 1. The molecule has 17 heavy (non-hydrogen) atoms. The quantitative estimate of drug-likeness (QED) is 0.689. The molecule has 5 nitrogen and oxygen atoms in total. The van der Waals surface area contributed by atoms with E-state index >= 15 is 0 Å². The Bertz CT molecular complexity index is 279. The van der Waals surface area contributed by atoms with Crippen molar-refractivity contribution >= 4 is 24.5 Å². The molecule has 0 aromatic rings. The van der Waals surface area contributed by atoms with Gasteiger partial charge in [0.25, 0.3) is 0 Å². The molecular formula is C11H19NO4S. The van der Waals surface area contributed by atoms with Crippen LogP contribution in [0.1, 0.15) is 19.8 Å². The molecular weight excluding hydrogens is 242 g/mol. The Morgan fingerprint density at radius 1 is 1.59 bits per heavy atom. The van der Waals surface area contributed by atoms with Crippen molar-refractivity contribution < 1.29 is 19.4 Å². The summed E-state index contributed by atoms with van der Waals surface area (Å²) in [5.74, 6) is -1.01. The monoisotopic (exact) mass is 261 g/mol. The zero-order valence-corrected chi connectivity index (χ0v) is 10.9. The maximum absolute atomic E-state index is 12.0. The number of nitrogens with zero attached hydrogens (tertiary/aromatic N) is 1. The van der Waals surface area contributed by atoms with Gasteiger partial charge in [0.1, 0.15) is 6.54 Å². The van der Waals surface area contributed by atoms with Crippen molar-refractivity contribution in [3.05, 3.63) is 0 Å². The minimum atomic E-state index is -0.997. The van der Waals surface area contributed by atoms with E-state index in [0.717, 1.165) is 12.8 Å². The molecule has 2 atom stereocenters. The molecule has 1 saturated heterocycles. The fraction of sp³-hybridized carbons (Fsp3) is 0.818. The van der Waals surface area contributed by atoms with Crippen LogP contribution in [0.25, 0.3) is 0 Å². The molecule has 6 heteroatoms. The van der Waals surface area contributed by atoms with Crippen LogP contribution in [0.3, 0.4) is 0 Å². The number of carboxylic acid groups (broad SMARTS) is 1. The van der Waals surface area contributed by atoms with E-state index < -0.39 is 5.97 Å². The fourth-order valence-electron chi connectivity index (χ4n) is 1.82. The Kier molecular flexibility index (Phi) is 5.77. The van der Waals surface area contributed by atoms with E-state index in [9.17, 15) is 9.59 Å². The second-order valence-electron chi connectivity index (χ2n) is 4.33. The maximum Gasteiger partial charge on any atom is 0.323 e. The van der Waals surface area contributed by atoms with Crippen LogP contribution >= 0.6 is 12.6 Å². The van der Waals surface area contributed by atoms with Crippen molar-refractivity contribution in [2.24, 2.45) is 5.92 Å². The molecule has 0 aromatic heterocycles. The van der Waals surface area contributed by atoms with Crippen molar-refractivity contribution in [2.45, 2.75) is 25.9 Å². The van der Waals surface area contributed by atoms with Gasteiger partial charge in [-0.2, -0.15) is 12.6 Å². The smallest absolute Gasteiger partial charge is 0.323 e. The molecule has 2 unspecified atom stereocenters. The van der Waals surface area contributed by atoms with E-state index in [1.165, 1.54) is 4.90 Å². The number of carbonyl (C=O) groups excluding carboxylic acids is 1. The number of carboxylic acids is 1. The Morgan fingerprint density at radius 3 is 2.76 bits per heavy atom. The summed E-state index contributed by atoms with van der Waals surface area (Å²) in [7, 11) is 0. The van der Waals surface area contributed by atoms with Crippen molar-refractivity contribution in [1.29, 1.82) is 0 Å². The van der Waals surface area contributed by atoms with Gasteiger partial charge in [-0.1, -0.05) is 6.92 Å². The lowest BCUT2D eigenvalue weighted by Gasteiger charge is -2.26. The molecule has 98 valence electrons. The molecule has 1 amide bonds. The molecule has 0 spiro atoms. The third-order valence-corrected chi connectivity index (χ3v) is 3.33. The summed E-state index contributed by atoms with van der Waals surface area (Å²) >= 11 is 4.06. The normalized spacial score (nSPS) is 21.2. The van der Waals surface area contributed by atoms with Gasteiger partial charge in [0.05, 0.1) is 6.10 Å². The zero-order valence-electron chi connectivity index (χ0n) is 9.96. The standard InChI is InChI=1S/C11H19NO4S/c1-8(7-17)11(15)12(6-10(13)14)5-9-3-2-4-16-9/h8-9,17H,2-7H2,1H3,(H,13,14). The summed E-state index contributed by atoms with van der Waals surface area (Å²) in [6.07, 6.45) is 1.84. The predicted molar refractivity (Wildman–Crippen MR) is 66.2 cm³/mol. The number of aliphatic carboxylic acids is 1. The molecule has 0 aliphatic carbocycles. The summed E-state index contributed by atoms with van der Waals surface area (Å²) < 4.78 is 5.42. The lowest BCUT2D eigenvalue weighted by Crippen LogP contribution is -2.43. The van der Waals surface area contributed by atoms with Crippen molar-refractivity contribution in [3.8, 4) is 0 Å². The second kappa shape index (κ2) is 6.86. The molecule has 0 radical (unpaired) electrons. The first kappa shape index (κ1) is 14.3. The van der Waals surface area contributed by atoms with Crippen LogP contribution in [0.4, 0.5) is 0 Å². The van der Waals surface area contributed by atoms with Crippen LogP contribution in [0.2, 0.25) is 0 Å². The summed E-state index contributed by atoms with van der Waals surface area (Å²) in [5.41, 5.74) is 0. The summed E-state index contributed by atoms with van der Waals surface area (Å²) in [4.78, 5) is 24.1. The first-order valence-corrected chi connectivity index (χ1v) is 6.41. The van der Waals surface area contributed by atoms with E-state index in [2.05, 4.69) is 12.6 Å². The average Bonchev–Trinajstić information content (AvgIpc) is 2.78. The maximum atomic E-state index is 12.0. The number of amides is 1. The lowest BCUT2D eigenvalue weighted by molar-refractivity contribution is -0.146. The van der Waals surface area contributed by atoms with Crippen LogP contribution in [0.15, 0.2) is 0 Å². The number of hydrogen-bond acceptors (Lipinski definition) is 4. The van der Waals surface area contributed by atoms with Gasteiger partial charge in [0.15, 0.2) is 0 Å². The Hall–Kier alpha value is -0.750. The molecule has 1 aliphatic rings. The zero-order chi connectivity index (χ0) is 12.8. The third-order valence-electron chi connectivity index (χ3n) is 2.78. The van der Waals surface area contributed by atoms with Gasteiger partial charge in [0.2, 0.25) is 5.91 Å². The van der Waals surface area contributed by atoms with Crippen molar-refractivity contribution in [2.75, 3.05) is 25.4 Å². The summed E-state index contributed by atoms with van der Waals surface area (Å²) in [6, 6.07) is 0. The highest BCUT2D eigenvalue weighted by Gasteiger charge is 2.26. The van der Waals surface area contributed by atoms with Crippen molar-refractivity contribution in [1.82, 2.24) is 4.90 Å². The molecule has 1 aliphatic heterocycles. The average molecular weight is 261 g/mol. The highest BCUT2D eigenvalue weighted by atomic mass is 32.1. The van der Waals surface area contributed by atoms with Crippen LogP contribution < -0.4 is 0 Å². The third kappa shape index (κ3) is 4.55. The van der Waals surface area contributed by atoms with Gasteiger partial charge < -0.3 is 14.7 Å². The van der Waals surface area contributed by atoms with Gasteiger partial charge in [-0.25, -0.2) is 0 Å². The highest BCUT2D eigenvalue weighted by molar-refractivity contribution is 7.80. The van der Waals surface area contributed by atoms with Gasteiger partial charge in [-0.15, -0.1) is 0 Å². The number of rotatable bonds is 6. The lowest BCUT2D eigenvalue weighted by atomic mass is 10.1. The Balaban J connectivity index is 2.58. The predicted octanol–water partition coefficient (Wildman–Crippen LogP) is 0.645. The van der Waals surface area contributed by atoms with Crippen LogP contribution in [0, 0.1) is 5.92 Å². The number of thiol groups is 1. The first-order valence-electron chi connectivity index (χ1n) is 5.77. The summed E-state index contributed by atoms with van der Waals surface area (Å²) in [6.45, 7) is 2.54. The Morgan fingerprint density at radius 2 is 2.29 bits per heavy atom. The van der Waals surface area contributed by atoms with E-state index in [-0.39, 0.29) is 24.5 Å². The van der Waals surface area contributed by atoms with Crippen LogP contribution in [-0.4, -0.2) is 53.4 Å². The van der Waals surface area contributed by atoms with E-state index in [1.54, 1.807) is 6.92 Å². The molecule has 0 bridgehead atoms. The van der Waals surface area contributed by atoms with E-state index in [1.807, 2.05) is 0 Å². The minimum absolute atomic E-state index is 0.0228. The SMILES string of the molecule is CC(CS)C(=O)N(CC(=O)O)CC1CCCO1. The Labute approximate surface area is 107 Å². The van der Waals surface area contributed by atoms with E-state index in [0.29, 0.717) is 18.9 Å². The topological polar surface area (TPSA) is 66.8 Å². The summed E-state index contributed by atoms with van der Waals surface area (Å²) in [5, 5.41) is 8.81. The minimum Gasteiger partial charge on any atom is -0.480 e. The van der Waals surface area contributed by atoms with Crippen LogP contribution in [0.5, 0.6) is 0 Å². The molecule has 1 N–H and O–H groups in total. The van der Waals surface area contributed by atoms with E-state index in [4.69, 9.17) is 9.84 Å². The van der Waals surface area contributed by atoms with Gasteiger partial charge in [-0.3, -0.25) is 9.59 Å². The molecule has 0 saturated carbocycles. The largest absolute Gasteiger partial charge is 0.480 e. The molecule has 1 rings (SSSR count). The van der Waals surface area contributed by atoms with Gasteiger partial charge >= 0.3 is 5.97 Å². The highest BCUT2D eigenvalue weighted by Crippen LogP contribution is 2.15. The molecule has 1 fully saturated rings. The van der Waals surface area contributed by atoms with Crippen molar-refractivity contribution in [3.63, 3.8) is 0 Å². The second-order valence-corrected chi connectivity index (χ2v) is 4.70. The van der Waals surface area contributed by atoms with Gasteiger partial charge in [0, 0.05) is 24.8 Å². The molecule has 0 aromatic carbocycles. The van der Waals surface area contributed by atoms with Crippen LogP contribution in [-0.2, 0) is 14.3 Å². The number of carbonyl (C=O) groups is 2. The fourth-order valence-corrected chi connectivity index (χ4v) is 1.98. The number of hydrogen-bond donors (Lipinski definition) is 2. The molecule has 1 heterocycles. The first-order chi connectivity index (χ1) is 8.04.